The van der Waals surface area contributed by atoms with Gasteiger partial charge in [-0.25, -0.2) is 0 Å². The van der Waals surface area contributed by atoms with Crippen molar-refractivity contribution in [1.82, 2.24) is 9.88 Å². The fourth-order valence-corrected chi connectivity index (χ4v) is 2.46. The normalized spacial score (nSPS) is 17.2. The van der Waals surface area contributed by atoms with Gasteiger partial charge in [0.1, 0.15) is 0 Å². The third kappa shape index (κ3) is 2.80. The summed E-state index contributed by atoms with van der Waals surface area (Å²) >= 11 is 0. The van der Waals surface area contributed by atoms with Crippen LogP contribution in [-0.4, -0.2) is 23.0 Å². The molecule has 1 aromatic heterocycles. The van der Waals surface area contributed by atoms with Gasteiger partial charge in [-0.2, -0.15) is 0 Å². The van der Waals surface area contributed by atoms with Crippen molar-refractivity contribution in [2.45, 2.75) is 44.8 Å². The molecule has 2 N–H and O–H groups in total. The topological polar surface area (TPSA) is 42.1 Å². The van der Waals surface area contributed by atoms with Crippen molar-refractivity contribution in [3.8, 4) is 0 Å². The molecule has 0 amide bonds. The van der Waals surface area contributed by atoms with E-state index in [4.69, 9.17) is 5.73 Å². The number of nitrogens with zero attached hydrogens (tertiary/aromatic N) is 2. The van der Waals surface area contributed by atoms with Gasteiger partial charge in [-0.05, 0) is 32.0 Å². The van der Waals surface area contributed by atoms with Gasteiger partial charge >= 0.3 is 0 Å². The average molecular weight is 219 g/mol. The molecule has 1 aromatic rings. The van der Waals surface area contributed by atoms with Crippen molar-refractivity contribution in [3.63, 3.8) is 0 Å². The lowest BCUT2D eigenvalue weighted by Crippen LogP contribution is -2.29. The molecule has 1 aliphatic carbocycles. The van der Waals surface area contributed by atoms with E-state index in [0.717, 1.165) is 24.0 Å². The Kier molecular flexibility index (Phi) is 3.91. The van der Waals surface area contributed by atoms with E-state index in [9.17, 15) is 0 Å². The van der Waals surface area contributed by atoms with Crippen LogP contribution in [0.3, 0.4) is 0 Å². The summed E-state index contributed by atoms with van der Waals surface area (Å²) in [5.41, 5.74) is 7.72. The summed E-state index contributed by atoms with van der Waals surface area (Å²) < 4.78 is 0. The summed E-state index contributed by atoms with van der Waals surface area (Å²) in [6, 6.07) is 6.87. The summed E-state index contributed by atoms with van der Waals surface area (Å²) in [4.78, 5) is 6.96. The van der Waals surface area contributed by atoms with Crippen LogP contribution in [0.5, 0.6) is 0 Å². The number of rotatable bonds is 4. The molecule has 0 unspecified atom stereocenters. The molecule has 3 heteroatoms. The second kappa shape index (κ2) is 5.41. The smallest absolute Gasteiger partial charge is 0.0547 e. The Bertz CT molecular complexity index is 332. The fourth-order valence-electron chi connectivity index (χ4n) is 2.46. The first kappa shape index (κ1) is 11.6. The minimum absolute atomic E-state index is 0.529. The van der Waals surface area contributed by atoms with Gasteiger partial charge in [-0.15, -0.1) is 0 Å². The third-order valence-electron chi connectivity index (χ3n) is 3.43. The second-order valence-electron chi connectivity index (χ2n) is 4.68. The number of hydrogen-bond acceptors (Lipinski definition) is 3. The first-order valence-electron chi connectivity index (χ1n) is 6.14. The highest BCUT2D eigenvalue weighted by molar-refractivity contribution is 5.11. The van der Waals surface area contributed by atoms with E-state index in [1.165, 1.54) is 25.7 Å². The van der Waals surface area contributed by atoms with E-state index in [-0.39, 0.29) is 0 Å². The summed E-state index contributed by atoms with van der Waals surface area (Å²) in [7, 11) is 2.20. The SMILES string of the molecule is CN(Cc1cccc(CN)n1)C1CCCC1. The zero-order valence-corrected chi connectivity index (χ0v) is 10.0. The first-order chi connectivity index (χ1) is 7.79. The van der Waals surface area contributed by atoms with Crippen molar-refractivity contribution in [2.24, 2.45) is 5.73 Å². The van der Waals surface area contributed by atoms with Gasteiger partial charge in [-0.3, -0.25) is 9.88 Å². The molecule has 1 heterocycles. The number of aromatic nitrogens is 1. The van der Waals surface area contributed by atoms with Gasteiger partial charge in [0.05, 0.1) is 11.4 Å². The molecule has 0 saturated heterocycles. The zero-order chi connectivity index (χ0) is 11.4. The van der Waals surface area contributed by atoms with Crippen LogP contribution in [-0.2, 0) is 13.1 Å². The lowest BCUT2D eigenvalue weighted by molar-refractivity contribution is 0.234. The largest absolute Gasteiger partial charge is 0.325 e. The van der Waals surface area contributed by atoms with E-state index in [2.05, 4.69) is 23.0 Å². The molecule has 1 aliphatic rings. The van der Waals surface area contributed by atoms with Crippen molar-refractivity contribution in [1.29, 1.82) is 0 Å². The van der Waals surface area contributed by atoms with Crippen LogP contribution < -0.4 is 5.73 Å². The average Bonchev–Trinajstić information content (AvgIpc) is 2.83. The van der Waals surface area contributed by atoms with E-state index in [1.54, 1.807) is 0 Å². The summed E-state index contributed by atoms with van der Waals surface area (Å²) in [5.74, 6) is 0. The molecule has 0 atom stereocenters. The quantitative estimate of drug-likeness (QED) is 0.841. The molecule has 0 spiro atoms. The lowest BCUT2D eigenvalue weighted by atomic mass is 10.2. The van der Waals surface area contributed by atoms with E-state index < -0.39 is 0 Å². The van der Waals surface area contributed by atoms with Gasteiger partial charge in [0.15, 0.2) is 0 Å². The molecule has 1 saturated carbocycles. The van der Waals surface area contributed by atoms with Crippen LogP contribution in [0.4, 0.5) is 0 Å². The van der Waals surface area contributed by atoms with Gasteiger partial charge < -0.3 is 5.73 Å². The molecule has 0 bridgehead atoms. The van der Waals surface area contributed by atoms with Crippen LogP contribution in [0, 0.1) is 0 Å². The summed E-state index contributed by atoms with van der Waals surface area (Å²) in [6.07, 6.45) is 5.44. The van der Waals surface area contributed by atoms with Gasteiger partial charge in [0.2, 0.25) is 0 Å². The summed E-state index contributed by atoms with van der Waals surface area (Å²) in [5, 5.41) is 0. The van der Waals surface area contributed by atoms with Crippen LogP contribution >= 0.6 is 0 Å². The molecular formula is C13H21N3. The van der Waals surface area contributed by atoms with Crippen LogP contribution in [0.1, 0.15) is 37.1 Å². The molecular weight excluding hydrogens is 198 g/mol. The van der Waals surface area contributed by atoms with Crippen LogP contribution in [0.25, 0.3) is 0 Å². The molecule has 0 radical (unpaired) electrons. The number of pyridine rings is 1. The van der Waals surface area contributed by atoms with E-state index in [0.29, 0.717) is 6.54 Å². The Labute approximate surface area is 97.7 Å². The lowest BCUT2D eigenvalue weighted by Gasteiger charge is -2.23. The maximum Gasteiger partial charge on any atom is 0.0547 e. The minimum Gasteiger partial charge on any atom is -0.325 e. The van der Waals surface area contributed by atoms with Crippen molar-refractivity contribution < 1.29 is 0 Å². The van der Waals surface area contributed by atoms with Gasteiger partial charge in [0, 0.05) is 19.1 Å². The fraction of sp³-hybridized carbons (Fsp3) is 0.615. The number of nitrogens with two attached hydrogens (primary N) is 1. The predicted molar refractivity (Wildman–Crippen MR) is 65.9 cm³/mol. The summed E-state index contributed by atoms with van der Waals surface area (Å²) in [6.45, 7) is 1.47. The molecule has 2 rings (SSSR count). The molecule has 0 aromatic carbocycles. The molecule has 0 aliphatic heterocycles. The van der Waals surface area contributed by atoms with Crippen molar-refractivity contribution >= 4 is 0 Å². The predicted octanol–water partition coefficient (Wildman–Crippen LogP) is 1.91. The molecule has 1 fully saturated rings. The van der Waals surface area contributed by atoms with Crippen LogP contribution in [0.15, 0.2) is 18.2 Å². The Balaban J connectivity index is 1.96. The maximum atomic E-state index is 5.60. The first-order valence-corrected chi connectivity index (χ1v) is 6.14. The van der Waals surface area contributed by atoms with Crippen LogP contribution in [0.2, 0.25) is 0 Å². The van der Waals surface area contributed by atoms with Crippen molar-refractivity contribution in [2.75, 3.05) is 7.05 Å². The Morgan fingerprint density at radius 1 is 1.31 bits per heavy atom. The standard InChI is InChI=1S/C13H21N3/c1-16(13-7-2-3-8-13)10-12-6-4-5-11(9-14)15-12/h4-6,13H,2-3,7-10,14H2,1H3. The maximum absolute atomic E-state index is 5.60. The highest BCUT2D eigenvalue weighted by Crippen LogP contribution is 2.23. The number of hydrogen-bond donors (Lipinski definition) is 1. The highest BCUT2D eigenvalue weighted by atomic mass is 15.1. The Morgan fingerprint density at radius 3 is 2.69 bits per heavy atom. The van der Waals surface area contributed by atoms with Gasteiger partial charge in [0.25, 0.3) is 0 Å². The van der Waals surface area contributed by atoms with Crippen molar-refractivity contribution in [3.05, 3.63) is 29.6 Å². The van der Waals surface area contributed by atoms with Gasteiger partial charge in [-0.1, -0.05) is 18.9 Å². The Hall–Kier alpha value is -0.930. The monoisotopic (exact) mass is 219 g/mol. The molecule has 16 heavy (non-hydrogen) atoms. The highest BCUT2D eigenvalue weighted by Gasteiger charge is 2.19. The molecule has 3 nitrogen and oxygen atoms in total. The minimum atomic E-state index is 0.529. The second-order valence-corrected chi connectivity index (χ2v) is 4.68. The zero-order valence-electron chi connectivity index (χ0n) is 10.0. The molecule has 88 valence electrons. The van der Waals surface area contributed by atoms with E-state index >= 15 is 0 Å². The Morgan fingerprint density at radius 2 is 2.00 bits per heavy atom. The third-order valence-corrected chi connectivity index (χ3v) is 3.43. The van der Waals surface area contributed by atoms with E-state index in [1.807, 2.05) is 12.1 Å².